The van der Waals surface area contributed by atoms with Gasteiger partial charge in [-0.15, -0.1) is 5.10 Å². The fourth-order valence-electron chi connectivity index (χ4n) is 3.66. The van der Waals surface area contributed by atoms with Gasteiger partial charge in [0.25, 0.3) is 0 Å². The van der Waals surface area contributed by atoms with E-state index >= 15 is 0 Å². The van der Waals surface area contributed by atoms with Crippen LogP contribution in [-0.2, 0) is 4.79 Å². The Balaban J connectivity index is 1.69. The van der Waals surface area contributed by atoms with Gasteiger partial charge in [0.15, 0.2) is 11.8 Å². The Morgan fingerprint density at radius 2 is 1.73 bits per heavy atom. The minimum atomic E-state index is -0.973. The summed E-state index contributed by atoms with van der Waals surface area (Å²) in [4.78, 5) is 41.6. The van der Waals surface area contributed by atoms with Crippen LogP contribution in [0.15, 0.2) is 53.5 Å². The van der Waals surface area contributed by atoms with Crippen molar-refractivity contribution in [2.24, 2.45) is 4.99 Å². The number of hydrogen-bond acceptors (Lipinski definition) is 6. The predicted molar refractivity (Wildman–Crippen MR) is 110 cm³/mol. The zero-order valence-electron chi connectivity index (χ0n) is 16.2. The molecule has 0 spiro atoms. The van der Waals surface area contributed by atoms with Gasteiger partial charge in [-0.2, -0.15) is 0 Å². The van der Waals surface area contributed by atoms with Crippen molar-refractivity contribution >= 4 is 34.3 Å². The molecule has 0 fully saturated rings. The van der Waals surface area contributed by atoms with Crippen LogP contribution in [0.1, 0.15) is 52.4 Å². The van der Waals surface area contributed by atoms with Crippen molar-refractivity contribution < 1.29 is 19.5 Å². The normalized spacial score (nSPS) is 17.5. The van der Waals surface area contributed by atoms with E-state index in [9.17, 15) is 14.4 Å². The maximum Gasteiger partial charge on any atom is 0.303 e. The maximum atomic E-state index is 13.3. The number of aromatic nitrogens is 3. The lowest BCUT2D eigenvalue weighted by atomic mass is 9.84. The van der Waals surface area contributed by atoms with Gasteiger partial charge in [-0.3, -0.25) is 19.4 Å². The van der Waals surface area contributed by atoms with E-state index < -0.39 is 12.0 Å². The first-order valence-corrected chi connectivity index (χ1v) is 9.82. The van der Waals surface area contributed by atoms with E-state index in [1.54, 1.807) is 36.4 Å². The summed E-state index contributed by atoms with van der Waals surface area (Å²) in [5, 5.41) is 17.0. The van der Waals surface area contributed by atoms with Crippen molar-refractivity contribution in [3.05, 3.63) is 59.7 Å². The number of Topliss-reactive ketones (excluding diaryl/α,β-unsaturated/α-hetero) is 2. The number of para-hydroxylation sites is 1. The van der Waals surface area contributed by atoms with E-state index in [1.807, 2.05) is 12.1 Å². The van der Waals surface area contributed by atoms with E-state index in [0.717, 1.165) is 0 Å². The minimum Gasteiger partial charge on any atom is -0.481 e. The number of carbonyl (C=O) groups excluding carboxylic acids is 2. The molecule has 1 atom stereocenters. The molecule has 1 heterocycles. The molecule has 8 heteroatoms. The Bertz CT molecular complexity index is 1160. The summed E-state index contributed by atoms with van der Waals surface area (Å²) in [5.41, 5.74) is 2.12. The van der Waals surface area contributed by atoms with Crippen LogP contribution < -0.4 is 0 Å². The molecule has 0 aliphatic heterocycles. The number of nitrogens with zero attached hydrogens (tertiary/aromatic N) is 4. The highest BCUT2D eigenvalue weighted by atomic mass is 16.4. The summed E-state index contributed by atoms with van der Waals surface area (Å²) in [6.45, 7) is 0.333. The van der Waals surface area contributed by atoms with Crippen LogP contribution in [0.2, 0.25) is 0 Å². The number of carbonyl (C=O) groups is 3. The molecule has 1 aliphatic carbocycles. The number of carboxylic acid groups (broad SMARTS) is 1. The van der Waals surface area contributed by atoms with Crippen molar-refractivity contribution in [3.8, 4) is 0 Å². The molecule has 0 saturated heterocycles. The molecule has 1 aromatic heterocycles. The van der Waals surface area contributed by atoms with Gasteiger partial charge in [0.1, 0.15) is 11.2 Å². The number of aliphatic carboxylic acids is 1. The van der Waals surface area contributed by atoms with Crippen molar-refractivity contribution in [1.82, 2.24) is 15.0 Å². The lowest BCUT2D eigenvalue weighted by Crippen LogP contribution is -2.39. The summed E-state index contributed by atoms with van der Waals surface area (Å²) in [6.07, 6.45) is 1.96. The topological polar surface area (TPSA) is 115 Å². The molecule has 0 saturated carbocycles. The van der Waals surface area contributed by atoms with E-state index in [2.05, 4.69) is 15.3 Å². The van der Waals surface area contributed by atoms with Gasteiger partial charge < -0.3 is 5.11 Å². The van der Waals surface area contributed by atoms with Crippen LogP contribution in [0.5, 0.6) is 0 Å². The highest BCUT2D eigenvalue weighted by Gasteiger charge is 2.40. The molecule has 8 nitrogen and oxygen atoms in total. The fraction of sp³-hybridized carbons (Fsp3) is 0.273. The molecular weight excluding hydrogens is 384 g/mol. The second kappa shape index (κ2) is 8.36. The molecule has 30 heavy (non-hydrogen) atoms. The molecule has 1 unspecified atom stereocenters. The number of fused-ring (bicyclic) bond motifs is 2. The van der Waals surface area contributed by atoms with Crippen molar-refractivity contribution in [2.75, 3.05) is 6.54 Å². The summed E-state index contributed by atoms with van der Waals surface area (Å²) in [6, 6.07) is 13.0. The molecule has 1 aliphatic rings. The van der Waals surface area contributed by atoms with Crippen molar-refractivity contribution in [3.63, 3.8) is 0 Å². The van der Waals surface area contributed by atoms with Crippen LogP contribution in [0.25, 0.3) is 11.0 Å². The molecule has 152 valence electrons. The highest BCUT2D eigenvalue weighted by molar-refractivity contribution is 6.54. The number of benzene rings is 2. The van der Waals surface area contributed by atoms with Crippen LogP contribution in [-0.4, -0.2) is 49.9 Å². The van der Waals surface area contributed by atoms with Gasteiger partial charge in [-0.1, -0.05) is 48.0 Å². The van der Waals surface area contributed by atoms with Crippen molar-refractivity contribution in [1.29, 1.82) is 0 Å². The summed E-state index contributed by atoms with van der Waals surface area (Å²) >= 11 is 0. The zero-order chi connectivity index (χ0) is 21.1. The molecular formula is C22H20N4O4. The predicted octanol–water partition coefficient (Wildman–Crippen LogP) is 3.14. The van der Waals surface area contributed by atoms with Gasteiger partial charge in [-0.05, 0) is 25.0 Å². The Kier molecular flexibility index (Phi) is 5.47. The molecule has 3 aromatic rings. The van der Waals surface area contributed by atoms with Gasteiger partial charge in [-0.25, -0.2) is 4.68 Å². The summed E-state index contributed by atoms with van der Waals surface area (Å²) in [5.74, 6) is -1.37. The molecule has 0 amide bonds. The third-order valence-corrected chi connectivity index (χ3v) is 5.13. The van der Waals surface area contributed by atoms with Crippen molar-refractivity contribution in [2.45, 2.75) is 31.7 Å². The first-order valence-electron chi connectivity index (χ1n) is 9.82. The van der Waals surface area contributed by atoms with E-state index in [-0.39, 0.29) is 23.7 Å². The first-order chi connectivity index (χ1) is 14.6. The molecule has 2 aromatic carbocycles. The SMILES string of the molecule is O=C(O)CCCCCN=C1C(=O)c2ccccc2C(=O)C1n1nnc2ccccc21. The number of unbranched alkanes of at least 4 members (excludes halogenated alkanes) is 2. The summed E-state index contributed by atoms with van der Waals surface area (Å²) < 4.78 is 1.47. The largest absolute Gasteiger partial charge is 0.481 e. The maximum absolute atomic E-state index is 13.3. The quantitative estimate of drug-likeness (QED) is 0.605. The third kappa shape index (κ3) is 3.63. The first kappa shape index (κ1) is 19.6. The van der Waals surface area contributed by atoms with E-state index in [1.165, 1.54) is 4.68 Å². The monoisotopic (exact) mass is 404 g/mol. The van der Waals surface area contributed by atoms with Crippen LogP contribution in [0.4, 0.5) is 0 Å². The molecule has 1 N–H and O–H groups in total. The number of hydrogen-bond donors (Lipinski definition) is 1. The Hall–Kier alpha value is -3.68. The van der Waals surface area contributed by atoms with Gasteiger partial charge in [0, 0.05) is 24.1 Å². The average Bonchev–Trinajstić information content (AvgIpc) is 3.17. The Morgan fingerprint density at radius 3 is 2.53 bits per heavy atom. The average molecular weight is 404 g/mol. The molecule has 0 radical (unpaired) electrons. The highest BCUT2D eigenvalue weighted by Crippen LogP contribution is 2.29. The fourth-order valence-corrected chi connectivity index (χ4v) is 3.66. The second-order valence-electron chi connectivity index (χ2n) is 7.14. The summed E-state index contributed by atoms with van der Waals surface area (Å²) in [7, 11) is 0. The van der Waals surface area contributed by atoms with Gasteiger partial charge in [0.2, 0.25) is 5.78 Å². The lowest BCUT2D eigenvalue weighted by molar-refractivity contribution is -0.137. The molecule has 4 rings (SSSR count). The minimum absolute atomic E-state index is 0.106. The van der Waals surface area contributed by atoms with Crippen LogP contribution in [0, 0.1) is 0 Å². The number of aliphatic imine (C=N–C) groups is 1. The van der Waals surface area contributed by atoms with E-state index in [0.29, 0.717) is 48.0 Å². The van der Waals surface area contributed by atoms with Crippen LogP contribution in [0.3, 0.4) is 0 Å². The number of rotatable bonds is 7. The van der Waals surface area contributed by atoms with Gasteiger partial charge in [0.05, 0.1) is 5.52 Å². The standard InChI is InChI=1S/C22H20N4O4/c27-18(28)12-2-1-7-13-23-19-20(26-17-11-6-5-10-16(17)24-25-26)22(30)15-9-4-3-8-14(15)21(19)29/h3-6,8-11,20H,1-2,7,12-13H2,(H,27,28). The molecule has 0 bridgehead atoms. The van der Waals surface area contributed by atoms with E-state index in [4.69, 9.17) is 5.11 Å². The number of ketones is 2. The van der Waals surface area contributed by atoms with Crippen LogP contribution >= 0.6 is 0 Å². The smallest absolute Gasteiger partial charge is 0.303 e. The van der Waals surface area contributed by atoms with Gasteiger partial charge >= 0.3 is 5.97 Å². The Morgan fingerprint density at radius 1 is 1.00 bits per heavy atom. The Labute approximate surface area is 172 Å². The third-order valence-electron chi connectivity index (χ3n) is 5.13. The zero-order valence-corrected chi connectivity index (χ0v) is 16.2. The second-order valence-corrected chi connectivity index (χ2v) is 7.14. The number of carboxylic acids is 1. The lowest BCUT2D eigenvalue weighted by Gasteiger charge is -2.24.